The van der Waals surface area contributed by atoms with E-state index in [4.69, 9.17) is 21.1 Å². The lowest BCUT2D eigenvalue weighted by atomic mass is 9.94. The van der Waals surface area contributed by atoms with Gasteiger partial charge in [-0.05, 0) is 55.0 Å². The van der Waals surface area contributed by atoms with Crippen molar-refractivity contribution in [3.63, 3.8) is 0 Å². The number of nitrogens with zero attached hydrogens (tertiary/aromatic N) is 1. The molecule has 2 aliphatic rings. The van der Waals surface area contributed by atoms with E-state index in [0.717, 1.165) is 10.5 Å². The number of rotatable bonds is 4. The zero-order valence-corrected chi connectivity index (χ0v) is 19.7. The zero-order chi connectivity index (χ0) is 24.9. The Morgan fingerprint density at radius 1 is 1.14 bits per heavy atom. The highest BCUT2D eigenvalue weighted by Crippen LogP contribution is 2.44. The predicted octanol–water partition coefficient (Wildman–Crippen LogP) is 5.44. The molecular weight excluding hydrogens is 473 g/mol. The molecule has 0 aromatic heterocycles. The van der Waals surface area contributed by atoms with E-state index in [9.17, 15) is 14.7 Å². The van der Waals surface area contributed by atoms with Crippen LogP contribution < -0.4 is 14.4 Å². The number of fused-ring (bicyclic) bond motifs is 1. The lowest BCUT2D eigenvalue weighted by molar-refractivity contribution is -0.132. The summed E-state index contributed by atoms with van der Waals surface area (Å²) in [5, 5.41) is 11.5. The molecule has 0 spiro atoms. The molecule has 3 aromatic rings. The van der Waals surface area contributed by atoms with Gasteiger partial charge in [0, 0.05) is 23.2 Å². The summed E-state index contributed by atoms with van der Waals surface area (Å²) in [4.78, 5) is 27.7. The van der Waals surface area contributed by atoms with Gasteiger partial charge in [0.15, 0.2) is 0 Å². The fraction of sp³-hybridized carbons (Fsp3) is 0.185. The van der Waals surface area contributed by atoms with Crippen molar-refractivity contribution < 1.29 is 28.6 Å². The largest absolute Gasteiger partial charge is 0.507 e. The molecule has 178 valence electrons. The van der Waals surface area contributed by atoms with Crippen LogP contribution >= 0.6 is 11.6 Å². The van der Waals surface area contributed by atoms with Crippen LogP contribution in [0, 0.1) is 5.82 Å². The molecule has 0 saturated carbocycles. The number of aliphatic hydroxyl groups excluding tert-OH is 1. The number of anilines is 1. The normalized spacial score (nSPS) is 20.6. The Kier molecular flexibility index (Phi) is 5.73. The first-order valence-electron chi connectivity index (χ1n) is 11.0. The van der Waals surface area contributed by atoms with Crippen LogP contribution in [0.5, 0.6) is 11.5 Å². The van der Waals surface area contributed by atoms with Gasteiger partial charge < -0.3 is 14.6 Å². The number of hydrogen-bond acceptors (Lipinski definition) is 5. The SMILES string of the molecule is COc1ccc(N2C(=O)C(=O)/C(=C(/O)c3ccc4c(c3)CC(C)O4)C2c2ccccc2F)cc1Cl. The van der Waals surface area contributed by atoms with Crippen LogP contribution in [-0.2, 0) is 16.0 Å². The van der Waals surface area contributed by atoms with Gasteiger partial charge in [0.1, 0.15) is 29.2 Å². The maximum atomic E-state index is 15.0. The van der Waals surface area contributed by atoms with Crippen LogP contribution in [0.1, 0.15) is 29.7 Å². The second-order valence-corrected chi connectivity index (χ2v) is 8.87. The second-order valence-electron chi connectivity index (χ2n) is 8.46. The quantitative estimate of drug-likeness (QED) is 0.297. The van der Waals surface area contributed by atoms with Gasteiger partial charge in [-0.15, -0.1) is 0 Å². The van der Waals surface area contributed by atoms with Gasteiger partial charge >= 0.3 is 0 Å². The first-order valence-corrected chi connectivity index (χ1v) is 11.4. The van der Waals surface area contributed by atoms with Gasteiger partial charge in [-0.3, -0.25) is 14.5 Å². The third-order valence-electron chi connectivity index (χ3n) is 6.23. The van der Waals surface area contributed by atoms with Crippen molar-refractivity contribution in [3.8, 4) is 11.5 Å². The Bertz CT molecular complexity index is 1400. The summed E-state index contributed by atoms with van der Waals surface area (Å²) in [6.07, 6.45) is 0.637. The molecule has 1 saturated heterocycles. The molecule has 1 amide bonds. The molecule has 6 nitrogen and oxygen atoms in total. The zero-order valence-electron chi connectivity index (χ0n) is 18.9. The number of halogens is 2. The van der Waals surface area contributed by atoms with E-state index in [1.54, 1.807) is 36.4 Å². The van der Waals surface area contributed by atoms with Crippen molar-refractivity contribution in [2.45, 2.75) is 25.5 Å². The van der Waals surface area contributed by atoms with Crippen LogP contribution in [0.4, 0.5) is 10.1 Å². The molecule has 2 unspecified atom stereocenters. The monoisotopic (exact) mass is 493 g/mol. The van der Waals surface area contributed by atoms with E-state index >= 15 is 4.39 Å². The van der Waals surface area contributed by atoms with Crippen LogP contribution in [0.25, 0.3) is 5.76 Å². The fourth-order valence-electron chi connectivity index (χ4n) is 4.62. The van der Waals surface area contributed by atoms with Crippen molar-refractivity contribution in [2.24, 2.45) is 0 Å². The van der Waals surface area contributed by atoms with Gasteiger partial charge in [0.2, 0.25) is 0 Å². The Morgan fingerprint density at radius 2 is 1.91 bits per heavy atom. The van der Waals surface area contributed by atoms with Crippen molar-refractivity contribution in [2.75, 3.05) is 12.0 Å². The number of benzene rings is 3. The first kappa shape index (κ1) is 22.9. The Balaban J connectivity index is 1.70. The maximum absolute atomic E-state index is 15.0. The molecular formula is C27H21ClFNO5. The van der Waals surface area contributed by atoms with E-state index in [1.807, 2.05) is 6.92 Å². The average Bonchev–Trinajstić information content (AvgIpc) is 3.34. The fourth-order valence-corrected chi connectivity index (χ4v) is 4.87. The number of methoxy groups -OCH3 is 1. The summed E-state index contributed by atoms with van der Waals surface area (Å²) >= 11 is 6.28. The van der Waals surface area contributed by atoms with E-state index in [0.29, 0.717) is 23.5 Å². The maximum Gasteiger partial charge on any atom is 0.300 e. The molecule has 2 atom stereocenters. The molecule has 1 fully saturated rings. The summed E-state index contributed by atoms with van der Waals surface area (Å²) in [6.45, 7) is 1.93. The van der Waals surface area contributed by atoms with Crippen LogP contribution in [0.3, 0.4) is 0 Å². The van der Waals surface area contributed by atoms with Crippen molar-refractivity contribution in [1.29, 1.82) is 0 Å². The smallest absolute Gasteiger partial charge is 0.300 e. The van der Waals surface area contributed by atoms with Crippen LogP contribution in [0.2, 0.25) is 5.02 Å². The molecule has 0 radical (unpaired) electrons. The predicted molar refractivity (Wildman–Crippen MR) is 129 cm³/mol. The third-order valence-corrected chi connectivity index (χ3v) is 6.52. The number of hydrogen-bond donors (Lipinski definition) is 1. The van der Waals surface area contributed by atoms with Crippen molar-refractivity contribution >= 4 is 34.7 Å². The summed E-state index contributed by atoms with van der Waals surface area (Å²) in [6, 6.07) is 14.3. The van der Waals surface area contributed by atoms with Gasteiger partial charge in [-0.2, -0.15) is 0 Å². The van der Waals surface area contributed by atoms with Gasteiger partial charge in [-0.25, -0.2) is 4.39 Å². The highest BCUT2D eigenvalue weighted by Gasteiger charge is 2.48. The number of carbonyl (C=O) groups is 2. The highest BCUT2D eigenvalue weighted by molar-refractivity contribution is 6.51. The topological polar surface area (TPSA) is 76.1 Å². The Hall–Kier alpha value is -3.84. The van der Waals surface area contributed by atoms with E-state index in [-0.39, 0.29) is 33.7 Å². The Morgan fingerprint density at radius 3 is 2.63 bits per heavy atom. The lowest BCUT2D eigenvalue weighted by Gasteiger charge is -2.26. The molecule has 2 aliphatic heterocycles. The number of carbonyl (C=O) groups excluding carboxylic acids is 2. The molecule has 1 N–H and O–H groups in total. The Labute approximate surface area is 206 Å². The summed E-state index contributed by atoms with van der Waals surface area (Å²) in [7, 11) is 1.45. The molecule has 0 bridgehead atoms. The number of aliphatic hydroxyl groups is 1. The van der Waals surface area contributed by atoms with E-state index in [1.165, 1.54) is 31.4 Å². The molecule has 2 heterocycles. The number of ether oxygens (including phenoxy) is 2. The van der Waals surface area contributed by atoms with E-state index < -0.39 is 23.5 Å². The minimum absolute atomic E-state index is 0.00814. The van der Waals surface area contributed by atoms with Crippen LogP contribution in [0.15, 0.2) is 66.2 Å². The van der Waals surface area contributed by atoms with E-state index in [2.05, 4.69) is 0 Å². The number of amides is 1. The van der Waals surface area contributed by atoms with Gasteiger partial charge in [0.05, 0.1) is 23.7 Å². The van der Waals surface area contributed by atoms with Gasteiger partial charge in [0.25, 0.3) is 11.7 Å². The molecule has 5 rings (SSSR count). The van der Waals surface area contributed by atoms with Gasteiger partial charge in [-0.1, -0.05) is 29.8 Å². The van der Waals surface area contributed by atoms with Crippen LogP contribution in [-0.4, -0.2) is 30.0 Å². The summed E-state index contributed by atoms with van der Waals surface area (Å²) in [5.74, 6) is -1.75. The molecule has 3 aromatic carbocycles. The number of ketones is 1. The first-order chi connectivity index (χ1) is 16.8. The highest BCUT2D eigenvalue weighted by atomic mass is 35.5. The second kappa shape index (κ2) is 8.74. The molecule has 35 heavy (non-hydrogen) atoms. The lowest BCUT2D eigenvalue weighted by Crippen LogP contribution is -2.29. The molecule has 0 aliphatic carbocycles. The third kappa shape index (κ3) is 3.82. The van der Waals surface area contributed by atoms with Crippen molar-refractivity contribution in [3.05, 3.63) is 93.8 Å². The standard InChI is InChI=1S/C27H21ClFNO5/c1-14-11-16-12-15(7-9-21(16)35-14)25(31)23-24(18-5-3-4-6-20(18)29)30(27(33)26(23)32)17-8-10-22(34-2)19(28)13-17/h3-10,12-14,24,31H,11H2,1-2H3/b25-23+. The summed E-state index contributed by atoms with van der Waals surface area (Å²) in [5.41, 5.74) is 1.34. The molecule has 8 heteroatoms. The minimum atomic E-state index is -1.20. The minimum Gasteiger partial charge on any atom is -0.507 e. The number of Topliss-reactive ketones (excluding diaryl/α,β-unsaturated/α-hetero) is 1. The summed E-state index contributed by atoms with van der Waals surface area (Å²) < 4.78 is 25.9. The van der Waals surface area contributed by atoms with Crippen molar-refractivity contribution in [1.82, 2.24) is 0 Å². The average molecular weight is 494 g/mol.